The molecule has 0 aliphatic heterocycles. The zero-order valence-electron chi connectivity index (χ0n) is 9.61. The Morgan fingerprint density at radius 1 is 1.16 bits per heavy atom. The standard InChI is InChI=1S/C12H8N4O3/c17-10(8-4-1-2-6-13-8)14-12-16-15-11(19-12)9-5-3-7-18-9/h1-7H,(H,14,16,17). The highest BCUT2D eigenvalue weighted by atomic mass is 16.4. The molecule has 0 aromatic carbocycles. The van der Waals surface area contributed by atoms with Gasteiger partial charge in [-0.05, 0) is 24.3 Å². The van der Waals surface area contributed by atoms with Crippen molar-refractivity contribution in [2.75, 3.05) is 5.32 Å². The van der Waals surface area contributed by atoms with E-state index in [0.717, 1.165) is 0 Å². The molecule has 0 unspecified atom stereocenters. The Balaban J connectivity index is 1.76. The predicted octanol–water partition coefficient (Wildman–Crippen LogP) is 1.98. The van der Waals surface area contributed by atoms with Gasteiger partial charge in [-0.3, -0.25) is 15.1 Å². The van der Waals surface area contributed by atoms with Crippen LogP contribution >= 0.6 is 0 Å². The van der Waals surface area contributed by atoms with Crippen molar-refractivity contribution in [3.05, 3.63) is 48.5 Å². The van der Waals surface area contributed by atoms with Crippen LogP contribution in [0.15, 0.2) is 51.6 Å². The molecule has 0 aliphatic rings. The Kier molecular flexibility index (Phi) is 2.77. The van der Waals surface area contributed by atoms with Gasteiger partial charge in [0.2, 0.25) is 0 Å². The summed E-state index contributed by atoms with van der Waals surface area (Å²) in [5.74, 6) is 0.211. The van der Waals surface area contributed by atoms with Gasteiger partial charge in [0.1, 0.15) is 5.69 Å². The number of hydrogen-bond donors (Lipinski definition) is 1. The zero-order valence-corrected chi connectivity index (χ0v) is 9.61. The van der Waals surface area contributed by atoms with Crippen molar-refractivity contribution < 1.29 is 13.6 Å². The van der Waals surface area contributed by atoms with Crippen LogP contribution in [0.2, 0.25) is 0 Å². The Labute approximate surface area is 107 Å². The van der Waals surface area contributed by atoms with Gasteiger partial charge in [-0.1, -0.05) is 11.2 Å². The molecular weight excluding hydrogens is 248 g/mol. The molecule has 0 saturated heterocycles. The van der Waals surface area contributed by atoms with Crippen LogP contribution in [0.3, 0.4) is 0 Å². The molecule has 0 aliphatic carbocycles. The number of amides is 1. The molecule has 7 nitrogen and oxygen atoms in total. The molecule has 1 N–H and O–H groups in total. The molecule has 0 radical (unpaired) electrons. The number of carbonyl (C=O) groups is 1. The maximum Gasteiger partial charge on any atom is 0.322 e. The lowest BCUT2D eigenvalue weighted by Crippen LogP contribution is -2.13. The van der Waals surface area contributed by atoms with E-state index in [1.807, 2.05) is 0 Å². The molecule has 0 atom stereocenters. The molecule has 3 aromatic rings. The zero-order chi connectivity index (χ0) is 13.1. The third-order valence-electron chi connectivity index (χ3n) is 2.27. The van der Waals surface area contributed by atoms with Gasteiger partial charge in [-0.25, -0.2) is 0 Å². The van der Waals surface area contributed by atoms with Crippen LogP contribution in [-0.4, -0.2) is 21.1 Å². The molecular formula is C12H8N4O3. The summed E-state index contributed by atoms with van der Waals surface area (Å²) in [6.07, 6.45) is 3.02. The Morgan fingerprint density at radius 2 is 2.11 bits per heavy atom. The number of furan rings is 1. The number of carbonyl (C=O) groups excluding carboxylic acids is 1. The van der Waals surface area contributed by atoms with E-state index in [1.54, 1.807) is 30.3 Å². The van der Waals surface area contributed by atoms with Gasteiger partial charge < -0.3 is 8.83 Å². The first-order valence-corrected chi connectivity index (χ1v) is 5.43. The smallest absolute Gasteiger partial charge is 0.322 e. The van der Waals surface area contributed by atoms with E-state index in [0.29, 0.717) is 5.76 Å². The highest BCUT2D eigenvalue weighted by Crippen LogP contribution is 2.19. The first-order chi connectivity index (χ1) is 9.33. The molecule has 3 rings (SSSR count). The van der Waals surface area contributed by atoms with Crippen LogP contribution in [0, 0.1) is 0 Å². The largest absolute Gasteiger partial charge is 0.459 e. The predicted molar refractivity (Wildman–Crippen MR) is 64.2 cm³/mol. The van der Waals surface area contributed by atoms with Gasteiger partial charge in [0.15, 0.2) is 5.76 Å². The Hall–Kier alpha value is -2.96. The van der Waals surface area contributed by atoms with Crippen molar-refractivity contribution >= 4 is 11.9 Å². The molecule has 7 heteroatoms. The van der Waals surface area contributed by atoms with Gasteiger partial charge >= 0.3 is 6.01 Å². The molecule has 0 fully saturated rings. The SMILES string of the molecule is O=C(Nc1nnc(-c2ccco2)o1)c1ccccn1. The summed E-state index contributed by atoms with van der Waals surface area (Å²) < 4.78 is 10.3. The summed E-state index contributed by atoms with van der Waals surface area (Å²) in [4.78, 5) is 15.7. The van der Waals surface area contributed by atoms with Crippen LogP contribution < -0.4 is 5.32 Å². The first-order valence-electron chi connectivity index (χ1n) is 5.43. The Morgan fingerprint density at radius 3 is 2.84 bits per heavy atom. The van der Waals surface area contributed by atoms with Gasteiger partial charge in [0.05, 0.1) is 6.26 Å². The topological polar surface area (TPSA) is 94.1 Å². The maximum atomic E-state index is 11.8. The molecule has 3 aromatic heterocycles. The molecule has 3 heterocycles. The minimum atomic E-state index is -0.421. The fraction of sp³-hybridized carbons (Fsp3) is 0. The van der Waals surface area contributed by atoms with Gasteiger partial charge in [-0.2, -0.15) is 0 Å². The van der Waals surface area contributed by atoms with E-state index in [-0.39, 0.29) is 17.6 Å². The second kappa shape index (κ2) is 4.73. The monoisotopic (exact) mass is 256 g/mol. The van der Waals surface area contributed by atoms with Crippen LogP contribution in [0.1, 0.15) is 10.5 Å². The van der Waals surface area contributed by atoms with Crippen molar-refractivity contribution in [1.82, 2.24) is 15.2 Å². The molecule has 94 valence electrons. The third kappa shape index (κ3) is 2.34. The number of rotatable bonds is 3. The highest BCUT2D eigenvalue weighted by Gasteiger charge is 2.14. The number of anilines is 1. The first kappa shape index (κ1) is 11.1. The summed E-state index contributed by atoms with van der Waals surface area (Å²) >= 11 is 0. The third-order valence-corrected chi connectivity index (χ3v) is 2.27. The number of pyridine rings is 1. The maximum absolute atomic E-state index is 11.8. The molecule has 19 heavy (non-hydrogen) atoms. The quantitative estimate of drug-likeness (QED) is 0.769. The number of hydrogen-bond acceptors (Lipinski definition) is 6. The normalized spacial score (nSPS) is 10.3. The fourth-order valence-corrected chi connectivity index (χ4v) is 1.43. The van der Waals surface area contributed by atoms with Crippen molar-refractivity contribution in [3.8, 4) is 11.7 Å². The van der Waals surface area contributed by atoms with Crippen molar-refractivity contribution in [3.63, 3.8) is 0 Å². The minimum absolute atomic E-state index is 0.0120. The van der Waals surface area contributed by atoms with E-state index in [9.17, 15) is 4.79 Å². The summed E-state index contributed by atoms with van der Waals surface area (Å²) in [6, 6.07) is 8.38. The lowest BCUT2D eigenvalue weighted by Gasteiger charge is -1.98. The minimum Gasteiger partial charge on any atom is -0.459 e. The average Bonchev–Trinajstić information content (AvgIpc) is 3.10. The second-order valence-electron chi connectivity index (χ2n) is 3.56. The van der Waals surface area contributed by atoms with Crippen LogP contribution in [-0.2, 0) is 0 Å². The highest BCUT2D eigenvalue weighted by molar-refractivity contribution is 6.01. The average molecular weight is 256 g/mol. The summed E-state index contributed by atoms with van der Waals surface area (Å²) in [5, 5.41) is 9.92. The van der Waals surface area contributed by atoms with Crippen LogP contribution in [0.25, 0.3) is 11.7 Å². The number of aromatic nitrogens is 3. The van der Waals surface area contributed by atoms with Crippen molar-refractivity contribution in [1.29, 1.82) is 0 Å². The van der Waals surface area contributed by atoms with Gasteiger partial charge in [0.25, 0.3) is 11.8 Å². The lowest BCUT2D eigenvalue weighted by molar-refractivity contribution is 0.101. The van der Waals surface area contributed by atoms with E-state index >= 15 is 0 Å². The van der Waals surface area contributed by atoms with E-state index in [2.05, 4.69) is 20.5 Å². The molecule has 0 bridgehead atoms. The van der Waals surface area contributed by atoms with E-state index in [4.69, 9.17) is 8.83 Å². The fourth-order valence-electron chi connectivity index (χ4n) is 1.43. The molecule has 1 amide bonds. The van der Waals surface area contributed by atoms with E-state index < -0.39 is 5.91 Å². The molecule has 0 saturated carbocycles. The van der Waals surface area contributed by atoms with Crippen molar-refractivity contribution in [2.45, 2.75) is 0 Å². The number of nitrogens with zero attached hydrogens (tertiary/aromatic N) is 3. The number of nitrogens with one attached hydrogen (secondary N) is 1. The lowest BCUT2D eigenvalue weighted by atomic mass is 10.3. The van der Waals surface area contributed by atoms with Crippen LogP contribution in [0.4, 0.5) is 6.01 Å². The second-order valence-corrected chi connectivity index (χ2v) is 3.56. The van der Waals surface area contributed by atoms with Crippen molar-refractivity contribution in [2.24, 2.45) is 0 Å². The van der Waals surface area contributed by atoms with Crippen LogP contribution in [0.5, 0.6) is 0 Å². The molecule has 0 spiro atoms. The summed E-state index contributed by atoms with van der Waals surface area (Å²) in [7, 11) is 0. The van der Waals surface area contributed by atoms with E-state index in [1.165, 1.54) is 12.5 Å². The Bertz CT molecular complexity index is 676. The van der Waals surface area contributed by atoms with Gasteiger partial charge in [0, 0.05) is 6.20 Å². The summed E-state index contributed by atoms with van der Waals surface area (Å²) in [5.41, 5.74) is 0.264. The summed E-state index contributed by atoms with van der Waals surface area (Å²) in [6.45, 7) is 0. The van der Waals surface area contributed by atoms with Gasteiger partial charge in [-0.15, -0.1) is 5.10 Å².